The van der Waals surface area contributed by atoms with Crippen LogP contribution in [0.25, 0.3) is 0 Å². The molecule has 0 amide bonds. The van der Waals surface area contributed by atoms with Crippen molar-refractivity contribution in [1.82, 2.24) is 0 Å². The Balaban J connectivity index is 2.29. The molecule has 0 heterocycles. The molecule has 2 rings (SSSR count). The molecule has 0 aliphatic heterocycles. The smallest absolute Gasteiger partial charge is 0.338 e. The predicted octanol–water partition coefficient (Wildman–Crippen LogP) is 4.75. The molecule has 2 aromatic rings. The lowest BCUT2D eigenvalue weighted by Gasteiger charge is -2.19. The number of esters is 1. The first-order valence-electron chi connectivity index (χ1n) is 6.93. The summed E-state index contributed by atoms with van der Waals surface area (Å²) in [6.07, 6.45) is -2.92. The van der Waals surface area contributed by atoms with Crippen LogP contribution in [0.5, 0.6) is 0 Å². The first-order valence-corrected chi connectivity index (χ1v) is 6.93. The van der Waals surface area contributed by atoms with Crippen molar-refractivity contribution in [1.29, 1.82) is 0 Å². The maximum atomic E-state index is 13.3. The SMILES string of the molecule is CC(F)CC(OC(=O)c1ccccc1)c1cc(F)c(F)c(F)c1. The average molecular weight is 326 g/mol. The summed E-state index contributed by atoms with van der Waals surface area (Å²) in [5, 5.41) is 0. The minimum atomic E-state index is -1.63. The van der Waals surface area contributed by atoms with Crippen molar-refractivity contribution in [2.75, 3.05) is 0 Å². The summed E-state index contributed by atoms with van der Waals surface area (Å²) >= 11 is 0. The molecule has 0 radical (unpaired) electrons. The third-order valence-electron chi connectivity index (χ3n) is 3.18. The number of carbonyl (C=O) groups is 1. The van der Waals surface area contributed by atoms with Gasteiger partial charge in [0, 0.05) is 6.42 Å². The molecule has 2 nitrogen and oxygen atoms in total. The van der Waals surface area contributed by atoms with Gasteiger partial charge in [0.2, 0.25) is 0 Å². The van der Waals surface area contributed by atoms with Gasteiger partial charge in [0.25, 0.3) is 0 Å². The molecule has 0 aliphatic rings. The van der Waals surface area contributed by atoms with Crippen molar-refractivity contribution in [3.05, 3.63) is 71.0 Å². The van der Waals surface area contributed by atoms with Crippen molar-refractivity contribution in [2.24, 2.45) is 0 Å². The number of alkyl halides is 1. The highest BCUT2D eigenvalue weighted by atomic mass is 19.2. The van der Waals surface area contributed by atoms with E-state index in [0.717, 1.165) is 0 Å². The van der Waals surface area contributed by atoms with Crippen molar-refractivity contribution in [3.63, 3.8) is 0 Å². The molecule has 122 valence electrons. The number of hydrogen-bond donors (Lipinski definition) is 0. The number of ether oxygens (including phenoxy) is 1. The summed E-state index contributed by atoms with van der Waals surface area (Å²) < 4.78 is 58.2. The fraction of sp³-hybridized carbons (Fsp3) is 0.235. The van der Waals surface area contributed by atoms with Crippen LogP contribution in [0.1, 0.15) is 35.4 Å². The van der Waals surface area contributed by atoms with Gasteiger partial charge in [0.05, 0.1) is 5.56 Å². The fourth-order valence-electron chi connectivity index (χ4n) is 2.08. The van der Waals surface area contributed by atoms with Crippen LogP contribution in [0.15, 0.2) is 42.5 Å². The molecule has 0 bridgehead atoms. The maximum absolute atomic E-state index is 13.3. The Hall–Kier alpha value is -2.37. The molecule has 0 fully saturated rings. The summed E-state index contributed by atoms with van der Waals surface area (Å²) in [6.45, 7) is 1.22. The Morgan fingerprint density at radius 3 is 2.17 bits per heavy atom. The third kappa shape index (κ3) is 4.31. The first kappa shape index (κ1) is 17.0. The molecule has 2 aromatic carbocycles. The minimum absolute atomic E-state index is 0.143. The van der Waals surface area contributed by atoms with Gasteiger partial charge in [0.1, 0.15) is 12.3 Å². The van der Waals surface area contributed by atoms with Crippen LogP contribution in [-0.4, -0.2) is 12.1 Å². The highest BCUT2D eigenvalue weighted by Crippen LogP contribution is 2.28. The molecule has 0 aliphatic carbocycles. The third-order valence-corrected chi connectivity index (χ3v) is 3.18. The van der Waals surface area contributed by atoms with Gasteiger partial charge in [-0.05, 0) is 36.8 Å². The highest BCUT2D eigenvalue weighted by Gasteiger charge is 2.23. The molecule has 2 atom stereocenters. The van der Waals surface area contributed by atoms with E-state index >= 15 is 0 Å². The van der Waals surface area contributed by atoms with E-state index < -0.39 is 35.7 Å². The van der Waals surface area contributed by atoms with E-state index in [0.29, 0.717) is 12.1 Å². The summed E-state index contributed by atoms with van der Waals surface area (Å²) in [5.74, 6) is -5.24. The Kier molecular flexibility index (Phi) is 5.36. The summed E-state index contributed by atoms with van der Waals surface area (Å²) in [5.41, 5.74) is 0.0715. The molecule has 0 aromatic heterocycles. The fourth-order valence-corrected chi connectivity index (χ4v) is 2.08. The lowest BCUT2D eigenvalue weighted by molar-refractivity contribution is 0.0223. The molecule has 6 heteroatoms. The number of carbonyl (C=O) groups excluding carboxylic acids is 1. The lowest BCUT2D eigenvalue weighted by Crippen LogP contribution is -2.15. The summed E-state index contributed by atoms with van der Waals surface area (Å²) in [7, 11) is 0. The van der Waals surface area contributed by atoms with E-state index in [-0.39, 0.29) is 17.5 Å². The van der Waals surface area contributed by atoms with Crippen LogP contribution in [0.3, 0.4) is 0 Å². The van der Waals surface area contributed by atoms with Crippen molar-refractivity contribution in [2.45, 2.75) is 25.6 Å². The lowest BCUT2D eigenvalue weighted by atomic mass is 10.0. The number of rotatable bonds is 5. The van der Waals surface area contributed by atoms with Gasteiger partial charge in [-0.15, -0.1) is 0 Å². The van der Waals surface area contributed by atoms with Crippen molar-refractivity contribution < 1.29 is 27.1 Å². The van der Waals surface area contributed by atoms with E-state index in [1.54, 1.807) is 18.2 Å². The number of hydrogen-bond acceptors (Lipinski definition) is 2. The zero-order valence-electron chi connectivity index (χ0n) is 12.2. The molecule has 0 spiro atoms. The normalized spacial score (nSPS) is 13.4. The second-order valence-electron chi connectivity index (χ2n) is 5.07. The summed E-state index contributed by atoms with van der Waals surface area (Å²) in [6, 6.07) is 9.30. The zero-order valence-corrected chi connectivity index (χ0v) is 12.2. The van der Waals surface area contributed by atoms with Crippen LogP contribution in [0, 0.1) is 17.5 Å². The molecule has 2 unspecified atom stereocenters. The van der Waals surface area contributed by atoms with Crippen molar-refractivity contribution in [3.8, 4) is 0 Å². The average Bonchev–Trinajstić information content (AvgIpc) is 2.51. The Morgan fingerprint density at radius 1 is 1.09 bits per heavy atom. The van der Waals surface area contributed by atoms with Gasteiger partial charge < -0.3 is 4.74 Å². The molecule has 0 saturated carbocycles. The number of benzene rings is 2. The van der Waals surface area contributed by atoms with Gasteiger partial charge in [0.15, 0.2) is 17.5 Å². The van der Waals surface area contributed by atoms with E-state index in [4.69, 9.17) is 4.74 Å². The number of halogens is 4. The highest BCUT2D eigenvalue weighted by molar-refractivity contribution is 5.89. The van der Waals surface area contributed by atoms with Crippen LogP contribution < -0.4 is 0 Å². The van der Waals surface area contributed by atoms with Crippen LogP contribution in [0.2, 0.25) is 0 Å². The largest absolute Gasteiger partial charge is 0.454 e. The predicted molar refractivity (Wildman–Crippen MR) is 76.1 cm³/mol. The van der Waals surface area contributed by atoms with E-state index in [2.05, 4.69) is 0 Å². The minimum Gasteiger partial charge on any atom is -0.454 e. The van der Waals surface area contributed by atoms with Gasteiger partial charge in [-0.25, -0.2) is 22.4 Å². The zero-order chi connectivity index (χ0) is 17.0. The van der Waals surface area contributed by atoms with Gasteiger partial charge in [-0.1, -0.05) is 18.2 Å². The van der Waals surface area contributed by atoms with Gasteiger partial charge >= 0.3 is 5.97 Å². The topological polar surface area (TPSA) is 26.3 Å². The van der Waals surface area contributed by atoms with E-state index in [1.165, 1.54) is 19.1 Å². The van der Waals surface area contributed by atoms with E-state index in [1.807, 2.05) is 0 Å². The van der Waals surface area contributed by atoms with Crippen molar-refractivity contribution >= 4 is 5.97 Å². The van der Waals surface area contributed by atoms with Gasteiger partial charge in [-0.3, -0.25) is 0 Å². The maximum Gasteiger partial charge on any atom is 0.338 e. The Labute approximate surface area is 130 Å². The monoisotopic (exact) mass is 326 g/mol. The van der Waals surface area contributed by atoms with Crippen LogP contribution in [-0.2, 0) is 4.74 Å². The molecule has 0 N–H and O–H groups in total. The quantitative estimate of drug-likeness (QED) is 0.450. The van der Waals surface area contributed by atoms with E-state index in [9.17, 15) is 22.4 Å². The Morgan fingerprint density at radius 2 is 1.65 bits per heavy atom. The molecule has 0 saturated heterocycles. The molecular weight excluding hydrogens is 312 g/mol. The first-order chi connectivity index (χ1) is 10.9. The standard InChI is InChI=1S/C17H14F4O2/c1-10(18)7-15(12-8-13(19)16(21)14(20)9-12)23-17(22)11-5-3-2-4-6-11/h2-6,8-10,15H,7H2,1H3. The second-order valence-corrected chi connectivity index (χ2v) is 5.07. The summed E-state index contributed by atoms with van der Waals surface area (Å²) in [4.78, 5) is 12.0. The molecular formula is C17H14F4O2. The Bertz CT molecular complexity index is 663. The molecule has 23 heavy (non-hydrogen) atoms. The van der Waals surface area contributed by atoms with Gasteiger partial charge in [-0.2, -0.15) is 0 Å². The van der Waals surface area contributed by atoms with Crippen LogP contribution in [0.4, 0.5) is 17.6 Å². The second kappa shape index (κ2) is 7.26. The van der Waals surface area contributed by atoms with Crippen LogP contribution >= 0.6 is 0 Å².